The van der Waals surface area contributed by atoms with Crippen LogP contribution in [0.2, 0.25) is 0 Å². The highest BCUT2D eigenvalue weighted by Gasteiger charge is 2.04. The Morgan fingerprint density at radius 2 is 2.16 bits per heavy atom. The van der Waals surface area contributed by atoms with Gasteiger partial charge in [0.15, 0.2) is 5.82 Å². The highest BCUT2D eigenvalue weighted by molar-refractivity contribution is 7.09. The molecule has 7 heteroatoms. The Hall–Kier alpha value is -1.73. The molecule has 0 aromatic carbocycles. The minimum absolute atomic E-state index is 0.418. The van der Waals surface area contributed by atoms with Crippen LogP contribution in [0.5, 0.6) is 0 Å². The number of rotatable bonds is 7. The van der Waals surface area contributed by atoms with Crippen molar-refractivity contribution in [3.63, 3.8) is 0 Å². The highest BCUT2D eigenvalue weighted by atomic mass is 32.1. The van der Waals surface area contributed by atoms with Crippen molar-refractivity contribution >= 4 is 23.0 Å². The molecule has 0 saturated carbocycles. The standard InChI is InChI=1S/C12H17N5OS/c1-3-18-7-12-16-10(13-2)4-11(17-12)15-6-9-5-14-8-19-9/h4-5,8H,3,6-7H2,1-2H3,(H2,13,15,16,17). The Labute approximate surface area is 116 Å². The van der Waals surface area contributed by atoms with Gasteiger partial charge in [-0.05, 0) is 6.92 Å². The van der Waals surface area contributed by atoms with Gasteiger partial charge in [-0.25, -0.2) is 9.97 Å². The molecule has 0 amide bonds. The Morgan fingerprint density at radius 3 is 2.84 bits per heavy atom. The van der Waals surface area contributed by atoms with Gasteiger partial charge in [0.2, 0.25) is 0 Å². The fourth-order valence-corrected chi connectivity index (χ4v) is 2.02. The number of anilines is 2. The van der Waals surface area contributed by atoms with Crippen molar-refractivity contribution in [2.24, 2.45) is 0 Å². The number of nitrogens with one attached hydrogen (secondary N) is 2. The molecular weight excluding hydrogens is 262 g/mol. The van der Waals surface area contributed by atoms with Crippen molar-refractivity contribution in [2.75, 3.05) is 24.3 Å². The number of nitrogens with zero attached hydrogens (tertiary/aromatic N) is 3. The van der Waals surface area contributed by atoms with Crippen LogP contribution in [0.3, 0.4) is 0 Å². The van der Waals surface area contributed by atoms with Gasteiger partial charge >= 0.3 is 0 Å². The number of ether oxygens (including phenoxy) is 1. The van der Waals surface area contributed by atoms with E-state index in [2.05, 4.69) is 25.6 Å². The van der Waals surface area contributed by atoms with Crippen LogP contribution in [-0.4, -0.2) is 28.6 Å². The van der Waals surface area contributed by atoms with Crippen molar-refractivity contribution in [1.29, 1.82) is 0 Å². The molecule has 0 atom stereocenters. The normalized spacial score (nSPS) is 10.4. The predicted octanol–water partition coefficient (Wildman–Crippen LogP) is 2.12. The van der Waals surface area contributed by atoms with E-state index >= 15 is 0 Å². The summed E-state index contributed by atoms with van der Waals surface area (Å²) in [5.41, 5.74) is 1.82. The third kappa shape index (κ3) is 4.15. The Balaban J connectivity index is 2.05. The van der Waals surface area contributed by atoms with Crippen LogP contribution in [0.1, 0.15) is 17.6 Å². The Kier molecular flexibility index (Phi) is 5.05. The summed E-state index contributed by atoms with van der Waals surface area (Å²) in [5.74, 6) is 2.22. The molecule has 0 fully saturated rings. The first-order chi connectivity index (χ1) is 9.31. The quantitative estimate of drug-likeness (QED) is 0.809. The molecule has 0 aliphatic heterocycles. The van der Waals surface area contributed by atoms with Gasteiger partial charge in [0.25, 0.3) is 0 Å². The first-order valence-corrected chi connectivity index (χ1v) is 6.94. The molecule has 2 aromatic heterocycles. The summed E-state index contributed by atoms with van der Waals surface area (Å²) in [6.45, 7) is 3.72. The lowest BCUT2D eigenvalue weighted by molar-refractivity contribution is 0.128. The molecule has 102 valence electrons. The van der Waals surface area contributed by atoms with Gasteiger partial charge in [-0.1, -0.05) is 0 Å². The molecule has 0 aliphatic carbocycles. The van der Waals surface area contributed by atoms with Gasteiger partial charge in [-0.3, -0.25) is 4.98 Å². The van der Waals surface area contributed by atoms with Gasteiger partial charge in [-0.2, -0.15) is 0 Å². The molecule has 19 heavy (non-hydrogen) atoms. The SMILES string of the molecule is CCOCc1nc(NC)cc(NCc2cncs2)n1. The summed E-state index contributed by atoms with van der Waals surface area (Å²) in [4.78, 5) is 14.0. The first-order valence-electron chi connectivity index (χ1n) is 6.06. The molecule has 0 bridgehead atoms. The van der Waals surface area contributed by atoms with Gasteiger partial charge < -0.3 is 15.4 Å². The second-order valence-corrected chi connectivity index (χ2v) is 4.73. The number of aromatic nitrogens is 3. The van der Waals surface area contributed by atoms with Crippen LogP contribution in [-0.2, 0) is 17.9 Å². The van der Waals surface area contributed by atoms with E-state index in [4.69, 9.17) is 4.74 Å². The van der Waals surface area contributed by atoms with E-state index in [0.29, 0.717) is 25.6 Å². The lowest BCUT2D eigenvalue weighted by Gasteiger charge is -2.09. The number of hydrogen-bond donors (Lipinski definition) is 2. The maximum absolute atomic E-state index is 5.34. The van der Waals surface area contributed by atoms with E-state index in [9.17, 15) is 0 Å². The molecule has 2 heterocycles. The zero-order valence-corrected chi connectivity index (χ0v) is 11.8. The van der Waals surface area contributed by atoms with Gasteiger partial charge in [-0.15, -0.1) is 11.3 Å². The van der Waals surface area contributed by atoms with Crippen LogP contribution >= 0.6 is 11.3 Å². The van der Waals surface area contributed by atoms with E-state index in [1.165, 1.54) is 0 Å². The molecule has 2 N–H and O–H groups in total. The average molecular weight is 279 g/mol. The van der Waals surface area contributed by atoms with E-state index in [-0.39, 0.29) is 0 Å². The molecule has 2 aromatic rings. The lowest BCUT2D eigenvalue weighted by Crippen LogP contribution is -2.07. The van der Waals surface area contributed by atoms with Crippen molar-refractivity contribution in [2.45, 2.75) is 20.1 Å². The van der Waals surface area contributed by atoms with Crippen LogP contribution in [0.15, 0.2) is 17.8 Å². The fourth-order valence-electron chi connectivity index (χ4n) is 1.48. The van der Waals surface area contributed by atoms with Crippen molar-refractivity contribution < 1.29 is 4.74 Å². The van der Waals surface area contributed by atoms with Gasteiger partial charge in [0.1, 0.15) is 18.2 Å². The van der Waals surface area contributed by atoms with Crippen LogP contribution < -0.4 is 10.6 Å². The monoisotopic (exact) mass is 279 g/mol. The molecule has 2 rings (SSSR count). The lowest BCUT2D eigenvalue weighted by atomic mass is 10.4. The smallest absolute Gasteiger partial charge is 0.158 e. The molecule has 0 saturated heterocycles. The molecule has 6 nitrogen and oxygen atoms in total. The number of thiazole rings is 1. The Morgan fingerprint density at radius 1 is 1.32 bits per heavy atom. The summed E-state index contributed by atoms with van der Waals surface area (Å²) < 4.78 is 5.34. The largest absolute Gasteiger partial charge is 0.374 e. The van der Waals surface area contributed by atoms with Crippen LogP contribution in [0.4, 0.5) is 11.6 Å². The maximum atomic E-state index is 5.34. The zero-order valence-electron chi connectivity index (χ0n) is 11.0. The summed E-state index contributed by atoms with van der Waals surface area (Å²) in [7, 11) is 1.83. The summed E-state index contributed by atoms with van der Waals surface area (Å²) >= 11 is 1.61. The average Bonchev–Trinajstić information content (AvgIpc) is 2.96. The first kappa shape index (κ1) is 13.7. The van der Waals surface area contributed by atoms with Crippen LogP contribution in [0.25, 0.3) is 0 Å². The third-order valence-electron chi connectivity index (χ3n) is 2.39. The highest BCUT2D eigenvalue weighted by Crippen LogP contribution is 2.14. The minimum atomic E-state index is 0.418. The molecular formula is C12H17N5OS. The summed E-state index contributed by atoms with van der Waals surface area (Å²) in [6, 6.07) is 1.87. The minimum Gasteiger partial charge on any atom is -0.374 e. The zero-order chi connectivity index (χ0) is 13.5. The second-order valence-electron chi connectivity index (χ2n) is 3.76. The van der Waals surface area contributed by atoms with Crippen LogP contribution in [0, 0.1) is 0 Å². The van der Waals surface area contributed by atoms with E-state index < -0.39 is 0 Å². The van der Waals surface area contributed by atoms with E-state index in [1.54, 1.807) is 11.3 Å². The molecule has 0 aliphatic rings. The van der Waals surface area contributed by atoms with E-state index in [0.717, 1.165) is 16.5 Å². The summed E-state index contributed by atoms with van der Waals surface area (Å²) in [6.07, 6.45) is 1.85. The topological polar surface area (TPSA) is 72.0 Å². The maximum Gasteiger partial charge on any atom is 0.158 e. The second kappa shape index (κ2) is 7.01. The third-order valence-corrected chi connectivity index (χ3v) is 3.17. The fraction of sp³-hybridized carbons (Fsp3) is 0.417. The predicted molar refractivity (Wildman–Crippen MR) is 76.3 cm³/mol. The van der Waals surface area contributed by atoms with E-state index in [1.807, 2.05) is 31.7 Å². The summed E-state index contributed by atoms with van der Waals surface area (Å²) in [5, 5.41) is 6.28. The van der Waals surface area contributed by atoms with Gasteiger partial charge in [0, 0.05) is 30.8 Å². The van der Waals surface area contributed by atoms with Crippen molar-refractivity contribution in [3.8, 4) is 0 Å². The molecule has 0 radical (unpaired) electrons. The van der Waals surface area contributed by atoms with Gasteiger partial charge in [0.05, 0.1) is 12.1 Å². The number of hydrogen-bond acceptors (Lipinski definition) is 7. The molecule has 0 spiro atoms. The van der Waals surface area contributed by atoms with Crippen molar-refractivity contribution in [1.82, 2.24) is 15.0 Å². The Bertz CT molecular complexity index is 503. The molecule has 0 unspecified atom stereocenters. The van der Waals surface area contributed by atoms with Crippen molar-refractivity contribution in [3.05, 3.63) is 28.5 Å².